The molecule has 1 atom stereocenters. The molecule has 6 heteroatoms. The van der Waals surface area contributed by atoms with Crippen LogP contribution < -0.4 is 4.90 Å². The average molecular weight is 296 g/mol. The van der Waals surface area contributed by atoms with E-state index in [4.69, 9.17) is 17.0 Å². The highest BCUT2D eigenvalue weighted by molar-refractivity contribution is 7.71. The third-order valence-corrected chi connectivity index (χ3v) is 4.91. The third-order valence-electron chi connectivity index (χ3n) is 4.62. The quantitative estimate of drug-likeness (QED) is 0.871. The maximum absolute atomic E-state index is 5.52. The number of hydrogen-bond acceptors (Lipinski definition) is 4. The number of hydrogen-bond donors (Lipinski definition) is 1. The van der Waals surface area contributed by atoms with Crippen LogP contribution in [0.4, 0.5) is 5.95 Å². The molecule has 0 radical (unpaired) electrons. The molecule has 0 bridgehead atoms. The van der Waals surface area contributed by atoms with Crippen molar-refractivity contribution in [2.75, 3.05) is 25.1 Å². The van der Waals surface area contributed by atoms with Crippen molar-refractivity contribution in [1.82, 2.24) is 14.8 Å². The number of anilines is 1. The first-order valence-corrected chi connectivity index (χ1v) is 8.15. The number of piperidine rings is 1. The molecule has 3 rings (SSSR count). The summed E-state index contributed by atoms with van der Waals surface area (Å²) < 4.78 is 8.55. The van der Waals surface area contributed by atoms with Gasteiger partial charge >= 0.3 is 0 Å². The van der Waals surface area contributed by atoms with Crippen LogP contribution in [0.15, 0.2) is 0 Å². The van der Waals surface area contributed by atoms with E-state index in [2.05, 4.69) is 19.7 Å². The second kappa shape index (κ2) is 6.26. The van der Waals surface area contributed by atoms with E-state index in [0.717, 1.165) is 36.7 Å². The molecule has 1 aromatic rings. The van der Waals surface area contributed by atoms with E-state index >= 15 is 0 Å². The zero-order valence-electron chi connectivity index (χ0n) is 12.2. The average Bonchev–Trinajstić information content (AvgIpc) is 2.90. The summed E-state index contributed by atoms with van der Waals surface area (Å²) in [5.74, 6) is 1.02. The summed E-state index contributed by atoms with van der Waals surface area (Å²) in [7, 11) is 1.80. The Morgan fingerprint density at radius 2 is 2.00 bits per heavy atom. The highest BCUT2D eigenvalue weighted by Gasteiger charge is 2.26. The summed E-state index contributed by atoms with van der Waals surface area (Å²) >= 11 is 5.47. The van der Waals surface area contributed by atoms with Gasteiger partial charge in [0.25, 0.3) is 0 Å². The van der Waals surface area contributed by atoms with Crippen molar-refractivity contribution in [1.29, 1.82) is 0 Å². The Balaban J connectivity index is 1.84. The summed E-state index contributed by atoms with van der Waals surface area (Å²) in [4.78, 5) is 2.33. The van der Waals surface area contributed by atoms with E-state index in [-0.39, 0.29) is 0 Å². The van der Waals surface area contributed by atoms with Gasteiger partial charge in [-0.1, -0.05) is 19.3 Å². The SMILES string of the molecule is COC1CCCN(c2n[nH]c(=S)n2C2CCCCC2)C1. The smallest absolute Gasteiger partial charge is 0.226 e. The van der Waals surface area contributed by atoms with Crippen LogP contribution in [-0.2, 0) is 4.74 Å². The van der Waals surface area contributed by atoms with Gasteiger partial charge in [0.05, 0.1) is 6.10 Å². The molecule has 1 N–H and O–H groups in total. The van der Waals surface area contributed by atoms with Crippen LogP contribution >= 0.6 is 12.2 Å². The van der Waals surface area contributed by atoms with Crippen LogP contribution in [0.1, 0.15) is 51.0 Å². The predicted molar refractivity (Wildman–Crippen MR) is 81.8 cm³/mol. The first-order valence-electron chi connectivity index (χ1n) is 7.74. The molecule has 5 nitrogen and oxygen atoms in total. The number of H-pyrrole nitrogens is 1. The first kappa shape index (κ1) is 14.1. The molecule has 0 aromatic carbocycles. The maximum Gasteiger partial charge on any atom is 0.226 e. The van der Waals surface area contributed by atoms with Gasteiger partial charge in [0.15, 0.2) is 4.77 Å². The molecule has 2 fully saturated rings. The summed E-state index contributed by atoms with van der Waals surface area (Å²) in [6.07, 6.45) is 9.02. The third kappa shape index (κ3) is 2.76. The van der Waals surface area contributed by atoms with Crippen LogP contribution in [0.2, 0.25) is 0 Å². The molecule has 2 heterocycles. The fourth-order valence-electron chi connectivity index (χ4n) is 3.50. The zero-order chi connectivity index (χ0) is 13.9. The van der Waals surface area contributed by atoms with Crippen molar-refractivity contribution < 1.29 is 4.74 Å². The molecular formula is C14H24N4OS. The van der Waals surface area contributed by atoms with Gasteiger partial charge in [0.1, 0.15) is 0 Å². The number of aromatic amines is 1. The van der Waals surface area contributed by atoms with E-state index in [1.807, 2.05) is 0 Å². The van der Waals surface area contributed by atoms with Gasteiger partial charge in [-0.25, -0.2) is 5.10 Å². The molecule has 1 aromatic heterocycles. The number of nitrogens with zero attached hydrogens (tertiary/aromatic N) is 3. The normalized spacial score (nSPS) is 25.1. The van der Waals surface area contributed by atoms with E-state index in [9.17, 15) is 0 Å². The van der Waals surface area contributed by atoms with Crippen molar-refractivity contribution in [3.05, 3.63) is 4.77 Å². The fraction of sp³-hybridized carbons (Fsp3) is 0.857. The molecule has 1 saturated heterocycles. The van der Waals surface area contributed by atoms with Crippen LogP contribution in [0, 0.1) is 4.77 Å². The number of ether oxygens (including phenoxy) is 1. The van der Waals surface area contributed by atoms with Crippen LogP contribution in [0.3, 0.4) is 0 Å². The van der Waals surface area contributed by atoms with Crippen LogP contribution in [0.5, 0.6) is 0 Å². The van der Waals surface area contributed by atoms with Gasteiger partial charge in [0, 0.05) is 26.2 Å². The monoisotopic (exact) mass is 296 g/mol. The molecule has 1 saturated carbocycles. The molecule has 2 aliphatic rings. The maximum atomic E-state index is 5.52. The molecule has 0 amide bonds. The standard InChI is InChI=1S/C14H24N4OS/c1-19-12-8-5-9-17(10-12)13-15-16-14(20)18(13)11-6-3-2-4-7-11/h11-12H,2-10H2,1H3,(H,16,20). The lowest BCUT2D eigenvalue weighted by Crippen LogP contribution is -2.41. The second-order valence-corrected chi connectivity index (χ2v) is 6.32. The van der Waals surface area contributed by atoms with Crippen molar-refractivity contribution in [3.8, 4) is 0 Å². The van der Waals surface area contributed by atoms with Gasteiger partial charge < -0.3 is 9.64 Å². The largest absolute Gasteiger partial charge is 0.380 e. The van der Waals surface area contributed by atoms with Crippen molar-refractivity contribution >= 4 is 18.2 Å². The molecule has 1 unspecified atom stereocenters. The Morgan fingerprint density at radius 3 is 2.75 bits per heavy atom. The van der Waals surface area contributed by atoms with Crippen LogP contribution in [0.25, 0.3) is 0 Å². The number of methoxy groups -OCH3 is 1. The van der Waals surface area contributed by atoms with Gasteiger partial charge in [0.2, 0.25) is 5.95 Å². The van der Waals surface area contributed by atoms with E-state index in [0.29, 0.717) is 12.1 Å². The van der Waals surface area contributed by atoms with Crippen LogP contribution in [-0.4, -0.2) is 41.1 Å². The van der Waals surface area contributed by atoms with Gasteiger partial charge in [-0.3, -0.25) is 4.57 Å². The number of nitrogens with one attached hydrogen (secondary N) is 1. The Labute approximate surface area is 125 Å². The first-order chi connectivity index (χ1) is 9.79. The van der Waals surface area contributed by atoms with E-state index in [1.165, 1.54) is 32.1 Å². The number of rotatable bonds is 3. The lowest BCUT2D eigenvalue weighted by Gasteiger charge is -2.34. The number of aromatic nitrogens is 3. The molecule has 1 aliphatic heterocycles. The molecular weight excluding hydrogens is 272 g/mol. The highest BCUT2D eigenvalue weighted by atomic mass is 32.1. The van der Waals surface area contributed by atoms with Gasteiger partial charge in [-0.05, 0) is 37.9 Å². The summed E-state index contributed by atoms with van der Waals surface area (Å²) in [5, 5.41) is 7.50. The summed E-state index contributed by atoms with van der Waals surface area (Å²) in [6.45, 7) is 1.97. The summed E-state index contributed by atoms with van der Waals surface area (Å²) in [6, 6.07) is 0.521. The Bertz CT molecular complexity index is 492. The van der Waals surface area contributed by atoms with Crippen molar-refractivity contribution in [2.45, 2.75) is 57.1 Å². The minimum atomic E-state index is 0.314. The zero-order valence-corrected chi connectivity index (χ0v) is 13.0. The van der Waals surface area contributed by atoms with Crippen molar-refractivity contribution in [2.24, 2.45) is 0 Å². The van der Waals surface area contributed by atoms with E-state index in [1.54, 1.807) is 7.11 Å². The highest BCUT2D eigenvalue weighted by Crippen LogP contribution is 2.32. The summed E-state index contributed by atoms with van der Waals surface area (Å²) in [5.41, 5.74) is 0. The Hall–Kier alpha value is -0.880. The molecule has 20 heavy (non-hydrogen) atoms. The molecule has 0 spiro atoms. The topological polar surface area (TPSA) is 46.1 Å². The van der Waals surface area contributed by atoms with Gasteiger partial charge in [-0.15, -0.1) is 5.10 Å². The van der Waals surface area contributed by atoms with Gasteiger partial charge in [-0.2, -0.15) is 0 Å². The second-order valence-electron chi connectivity index (χ2n) is 5.94. The lowest BCUT2D eigenvalue weighted by molar-refractivity contribution is 0.0885. The van der Waals surface area contributed by atoms with Crippen molar-refractivity contribution in [3.63, 3.8) is 0 Å². The molecule has 112 valence electrons. The lowest BCUT2D eigenvalue weighted by atomic mass is 9.95. The Kier molecular flexibility index (Phi) is 4.41. The van der Waals surface area contributed by atoms with E-state index < -0.39 is 0 Å². The Morgan fingerprint density at radius 1 is 1.20 bits per heavy atom. The minimum absolute atomic E-state index is 0.314. The minimum Gasteiger partial charge on any atom is -0.380 e. The fourth-order valence-corrected chi connectivity index (χ4v) is 3.78. The predicted octanol–water partition coefficient (Wildman–Crippen LogP) is 3.06. The molecule has 1 aliphatic carbocycles.